The van der Waals surface area contributed by atoms with E-state index in [1.165, 1.54) is 4.90 Å². The first-order chi connectivity index (χ1) is 6.91. The standard InChI is InChI=1S/C8H12N2O3S2/c1-5-7(11)10(8(14)9-5)6-2-3-15(12,13)4-6/h5-6H,2-4H2,1H3,(H,9,14)/t5-,6-/m1/s1. The highest BCUT2D eigenvalue weighted by molar-refractivity contribution is 7.91. The summed E-state index contributed by atoms with van der Waals surface area (Å²) in [5.41, 5.74) is 0. The number of hydrogen-bond acceptors (Lipinski definition) is 4. The van der Waals surface area contributed by atoms with Crippen LogP contribution in [0.3, 0.4) is 0 Å². The number of carbonyl (C=O) groups excluding carboxylic acids is 1. The van der Waals surface area contributed by atoms with E-state index in [0.29, 0.717) is 11.5 Å². The summed E-state index contributed by atoms with van der Waals surface area (Å²) in [6, 6.07) is -0.603. The van der Waals surface area contributed by atoms with E-state index in [1.807, 2.05) is 0 Å². The van der Waals surface area contributed by atoms with Gasteiger partial charge in [-0.2, -0.15) is 0 Å². The summed E-state index contributed by atoms with van der Waals surface area (Å²) in [6.45, 7) is 1.72. The average molecular weight is 248 g/mol. The molecule has 0 aromatic heterocycles. The third-order valence-corrected chi connectivity index (χ3v) is 4.81. The second kappa shape index (κ2) is 3.41. The summed E-state index contributed by atoms with van der Waals surface area (Å²) in [4.78, 5) is 13.1. The van der Waals surface area contributed by atoms with Crippen molar-refractivity contribution in [3.63, 3.8) is 0 Å². The fourth-order valence-electron chi connectivity index (χ4n) is 1.95. The van der Waals surface area contributed by atoms with E-state index >= 15 is 0 Å². The number of nitrogens with one attached hydrogen (secondary N) is 1. The van der Waals surface area contributed by atoms with E-state index in [0.717, 1.165) is 0 Å². The fraction of sp³-hybridized carbons (Fsp3) is 0.750. The monoisotopic (exact) mass is 248 g/mol. The minimum atomic E-state index is -2.98. The predicted molar refractivity (Wildman–Crippen MR) is 59.1 cm³/mol. The highest BCUT2D eigenvalue weighted by Crippen LogP contribution is 2.21. The van der Waals surface area contributed by atoms with E-state index in [9.17, 15) is 13.2 Å². The molecule has 0 unspecified atom stereocenters. The van der Waals surface area contributed by atoms with Crippen molar-refractivity contribution in [2.45, 2.75) is 25.4 Å². The molecule has 0 aromatic carbocycles. The third-order valence-electron chi connectivity index (χ3n) is 2.74. The zero-order chi connectivity index (χ0) is 11.2. The highest BCUT2D eigenvalue weighted by atomic mass is 32.2. The first-order valence-electron chi connectivity index (χ1n) is 4.75. The molecule has 1 amide bonds. The molecule has 1 N–H and O–H groups in total. The molecule has 0 saturated carbocycles. The van der Waals surface area contributed by atoms with Gasteiger partial charge in [0.05, 0.1) is 17.5 Å². The van der Waals surface area contributed by atoms with E-state index in [4.69, 9.17) is 12.2 Å². The van der Waals surface area contributed by atoms with Crippen molar-refractivity contribution in [2.24, 2.45) is 0 Å². The Morgan fingerprint density at radius 1 is 1.53 bits per heavy atom. The molecule has 5 nitrogen and oxygen atoms in total. The largest absolute Gasteiger partial charge is 0.351 e. The van der Waals surface area contributed by atoms with Crippen molar-refractivity contribution < 1.29 is 13.2 Å². The van der Waals surface area contributed by atoms with Crippen LogP contribution in [0.1, 0.15) is 13.3 Å². The second-order valence-electron chi connectivity index (χ2n) is 3.94. The smallest absolute Gasteiger partial charge is 0.251 e. The number of hydrogen-bond donors (Lipinski definition) is 1. The second-order valence-corrected chi connectivity index (χ2v) is 6.55. The van der Waals surface area contributed by atoms with Crippen LogP contribution in [-0.4, -0.2) is 47.9 Å². The molecule has 2 heterocycles. The zero-order valence-electron chi connectivity index (χ0n) is 8.26. The molecule has 84 valence electrons. The molecule has 0 spiro atoms. The van der Waals surface area contributed by atoms with Crippen LogP contribution in [0.25, 0.3) is 0 Å². The van der Waals surface area contributed by atoms with Gasteiger partial charge in [-0.05, 0) is 25.6 Å². The number of sulfone groups is 1. The lowest BCUT2D eigenvalue weighted by atomic mass is 10.2. The maximum atomic E-state index is 11.7. The normalized spacial score (nSPS) is 34.6. The van der Waals surface area contributed by atoms with Crippen molar-refractivity contribution in [2.75, 3.05) is 11.5 Å². The predicted octanol–water partition coefficient (Wildman–Crippen LogP) is -0.721. The first-order valence-corrected chi connectivity index (χ1v) is 6.98. The van der Waals surface area contributed by atoms with Gasteiger partial charge in [-0.25, -0.2) is 8.42 Å². The van der Waals surface area contributed by atoms with Gasteiger partial charge in [0.15, 0.2) is 14.9 Å². The molecule has 0 aromatic rings. The minimum Gasteiger partial charge on any atom is -0.351 e. The molecule has 0 bridgehead atoms. The molecule has 2 aliphatic rings. The molecule has 2 fully saturated rings. The molecule has 2 aliphatic heterocycles. The van der Waals surface area contributed by atoms with E-state index in [-0.39, 0.29) is 29.5 Å². The van der Waals surface area contributed by atoms with Gasteiger partial charge >= 0.3 is 0 Å². The van der Waals surface area contributed by atoms with Crippen molar-refractivity contribution in [3.8, 4) is 0 Å². The van der Waals surface area contributed by atoms with Crippen LogP contribution in [0, 0.1) is 0 Å². The van der Waals surface area contributed by atoms with Crippen molar-refractivity contribution >= 4 is 33.1 Å². The van der Waals surface area contributed by atoms with Gasteiger partial charge < -0.3 is 5.32 Å². The Balaban J connectivity index is 2.19. The molecule has 2 atom stereocenters. The average Bonchev–Trinajstić information content (AvgIpc) is 2.56. The molecular formula is C8H12N2O3S2. The van der Waals surface area contributed by atoms with Crippen LogP contribution in [0.5, 0.6) is 0 Å². The van der Waals surface area contributed by atoms with E-state index in [1.54, 1.807) is 6.92 Å². The molecule has 0 aliphatic carbocycles. The van der Waals surface area contributed by atoms with Gasteiger partial charge in [-0.1, -0.05) is 0 Å². The van der Waals surface area contributed by atoms with Gasteiger partial charge in [-0.3, -0.25) is 9.69 Å². The van der Waals surface area contributed by atoms with Crippen molar-refractivity contribution in [3.05, 3.63) is 0 Å². The lowest BCUT2D eigenvalue weighted by molar-refractivity contribution is -0.127. The maximum Gasteiger partial charge on any atom is 0.251 e. The summed E-state index contributed by atoms with van der Waals surface area (Å²) >= 11 is 5.01. The minimum absolute atomic E-state index is 0.0350. The van der Waals surface area contributed by atoms with Gasteiger partial charge in [0.1, 0.15) is 6.04 Å². The van der Waals surface area contributed by atoms with Crippen molar-refractivity contribution in [1.82, 2.24) is 10.2 Å². The summed E-state index contributed by atoms with van der Waals surface area (Å²) in [7, 11) is -2.98. The molecular weight excluding hydrogens is 236 g/mol. The Morgan fingerprint density at radius 3 is 2.60 bits per heavy atom. The third kappa shape index (κ3) is 1.85. The molecule has 2 saturated heterocycles. The lowest BCUT2D eigenvalue weighted by Gasteiger charge is -2.21. The highest BCUT2D eigenvalue weighted by Gasteiger charge is 2.41. The summed E-state index contributed by atoms with van der Waals surface area (Å²) in [6.07, 6.45) is 0.489. The fourth-order valence-corrected chi connectivity index (χ4v) is 4.07. The molecule has 2 rings (SSSR count). The lowest BCUT2D eigenvalue weighted by Crippen LogP contribution is -2.41. The van der Waals surface area contributed by atoms with Gasteiger partial charge in [-0.15, -0.1) is 0 Å². The van der Waals surface area contributed by atoms with E-state index < -0.39 is 9.84 Å². The van der Waals surface area contributed by atoms with E-state index in [2.05, 4.69) is 5.32 Å². The van der Waals surface area contributed by atoms with Crippen LogP contribution >= 0.6 is 12.2 Å². The number of rotatable bonds is 1. The Morgan fingerprint density at radius 2 is 2.20 bits per heavy atom. The van der Waals surface area contributed by atoms with Gasteiger partial charge in [0, 0.05) is 0 Å². The summed E-state index contributed by atoms with van der Waals surface area (Å²) in [5, 5.41) is 3.19. The number of amides is 1. The summed E-state index contributed by atoms with van der Waals surface area (Å²) < 4.78 is 22.6. The number of thiocarbonyl (C=S) groups is 1. The van der Waals surface area contributed by atoms with Crippen molar-refractivity contribution in [1.29, 1.82) is 0 Å². The van der Waals surface area contributed by atoms with Gasteiger partial charge in [0.25, 0.3) is 5.91 Å². The quantitative estimate of drug-likeness (QED) is 0.620. The maximum absolute atomic E-state index is 11.7. The Bertz CT molecular complexity index is 418. The Hall–Kier alpha value is -0.690. The number of nitrogens with zero attached hydrogens (tertiary/aromatic N) is 1. The summed E-state index contributed by atoms with van der Waals surface area (Å²) in [5.74, 6) is 0.0632. The topological polar surface area (TPSA) is 66.5 Å². The van der Waals surface area contributed by atoms with Crippen LogP contribution in [0.2, 0.25) is 0 Å². The molecule has 15 heavy (non-hydrogen) atoms. The zero-order valence-corrected chi connectivity index (χ0v) is 9.90. The van der Waals surface area contributed by atoms with Crippen LogP contribution < -0.4 is 5.32 Å². The SMILES string of the molecule is C[C@H]1NC(=S)N([C@@H]2CCS(=O)(=O)C2)C1=O. The van der Waals surface area contributed by atoms with Crippen LogP contribution in [0.15, 0.2) is 0 Å². The van der Waals surface area contributed by atoms with Crippen LogP contribution in [-0.2, 0) is 14.6 Å². The molecule has 0 radical (unpaired) electrons. The Kier molecular flexibility index (Phi) is 2.46. The first kappa shape index (κ1) is 10.8. The Labute approximate surface area is 93.7 Å². The number of carbonyl (C=O) groups is 1. The molecule has 7 heteroatoms. The van der Waals surface area contributed by atoms with Gasteiger partial charge in [0.2, 0.25) is 0 Å². The van der Waals surface area contributed by atoms with Crippen LogP contribution in [0.4, 0.5) is 0 Å².